The van der Waals surface area contributed by atoms with Gasteiger partial charge in [0.25, 0.3) is 0 Å². The zero-order valence-corrected chi connectivity index (χ0v) is 7.95. The van der Waals surface area contributed by atoms with E-state index in [2.05, 4.69) is 4.98 Å². The highest BCUT2D eigenvalue weighted by atomic mass is 32.1. The van der Waals surface area contributed by atoms with Gasteiger partial charge in [-0.05, 0) is 12.2 Å². The van der Waals surface area contributed by atoms with Crippen LogP contribution in [0.2, 0.25) is 0 Å². The first-order valence-corrected chi connectivity index (χ1v) is 4.29. The van der Waals surface area contributed by atoms with Crippen LogP contribution in [0.3, 0.4) is 0 Å². The molecule has 0 aromatic carbocycles. The quantitative estimate of drug-likeness (QED) is 0.774. The van der Waals surface area contributed by atoms with Crippen molar-refractivity contribution >= 4 is 12.2 Å². The molecule has 7 heteroatoms. The van der Waals surface area contributed by atoms with Crippen LogP contribution in [0, 0.1) is 4.77 Å². The average Bonchev–Trinajstić information content (AvgIpc) is 2.41. The summed E-state index contributed by atoms with van der Waals surface area (Å²) in [5.41, 5.74) is 0.360. The number of imidazole rings is 1. The second kappa shape index (κ2) is 4.14. The SMILES string of the molecule is OCc1c[nH]c(=S)n1CCC(F)(F)F. The molecule has 0 saturated carbocycles. The molecule has 0 aliphatic rings. The highest BCUT2D eigenvalue weighted by molar-refractivity contribution is 7.71. The third kappa shape index (κ3) is 2.85. The third-order valence-electron chi connectivity index (χ3n) is 1.73. The highest BCUT2D eigenvalue weighted by Gasteiger charge is 2.27. The summed E-state index contributed by atoms with van der Waals surface area (Å²) in [6, 6.07) is 0. The summed E-state index contributed by atoms with van der Waals surface area (Å²) in [6.45, 7) is -0.591. The minimum atomic E-state index is -4.21. The van der Waals surface area contributed by atoms with Crippen LogP contribution >= 0.6 is 12.2 Å². The van der Waals surface area contributed by atoms with Gasteiger partial charge in [-0.15, -0.1) is 0 Å². The van der Waals surface area contributed by atoms with E-state index in [4.69, 9.17) is 17.3 Å². The number of nitrogens with one attached hydrogen (secondary N) is 1. The molecule has 1 rings (SSSR count). The van der Waals surface area contributed by atoms with Crippen molar-refractivity contribution in [1.82, 2.24) is 9.55 Å². The van der Waals surface area contributed by atoms with Gasteiger partial charge in [0.15, 0.2) is 4.77 Å². The Morgan fingerprint density at radius 3 is 2.64 bits per heavy atom. The van der Waals surface area contributed by atoms with E-state index < -0.39 is 12.6 Å². The van der Waals surface area contributed by atoms with Gasteiger partial charge in [0, 0.05) is 12.7 Å². The van der Waals surface area contributed by atoms with Gasteiger partial charge in [-0.2, -0.15) is 13.2 Å². The van der Waals surface area contributed by atoms with E-state index in [9.17, 15) is 13.2 Å². The Morgan fingerprint density at radius 2 is 2.14 bits per heavy atom. The Bertz CT molecular complexity index is 355. The van der Waals surface area contributed by atoms with Gasteiger partial charge in [-0.3, -0.25) is 0 Å². The summed E-state index contributed by atoms with van der Waals surface area (Å²) in [7, 11) is 0. The van der Waals surface area contributed by atoms with Gasteiger partial charge in [-0.25, -0.2) is 0 Å². The number of aromatic nitrogens is 2. The zero-order valence-electron chi connectivity index (χ0n) is 7.14. The van der Waals surface area contributed by atoms with Gasteiger partial charge in [-0.1, -0.05) is 0 Å². The predicted molar refractivity (Wildman–Crippen MR) is 46.2 cm³/mol. The lowest BCUT2D eigenvalue weighted by Gasteiger charge is -2.08. The minimum absolute atomic E-state index is 0.193. The number of aliphatic hydroxyl groups is 1. The second-order valence-corrected chi connectivity index (χ2v) is 3.15. The van der Waals surface area contributed by atoms with Crippen molar-refractivity contribution in [3.8, 4) is 0 Å². The van der Waals surface area contributed by atoms with Crippen LogP contribution in [0.25, 0.3) is 0 Å². The number of rotatable bonds is 3. The Kier molecular flexibility index (Phi) is 3.33. The monoisotopic (exact) mass is 226 g/mol. The van der Waals surface area contributed by atoms with Crippen molar-refractivity contribution in [2.45, 2.75) is 25.7 Å². The zero-order chi connectivity index (χ0) is 10.8. The molecular formula is C7H9F3N2OS. The van der Waals surface area contributed by atoms with E-state index in [-0.39, 0.29) is 17.9 Å². The number of alkyl halides is 3. The standard InChI is InChI=1S/C7H9F3N2OS/c8-7(9,10)1-2-12-5(4-13)3-11-6(12)14/h3,13H,1-2,4H2,(H,11,14). The van der Waals surface area contributed by atoms with E-state index in [0.29, 0.717) is 5.69 Å². The Hall–Kier alpha value is -0.820. The van der Waals surface area contributed by atoms with Gasteiger partial charge in [0.05, 0.1) is 18.7 Å². The maximum Gasteiger partial charge on any atom is 0.390 e. The van der Waals surface area contributed by atoms with Crippen molar-refractivity contribution in [2.24, 2.45) is 0 Å². The topological polar surface area (TPSA) is 40.9 Å². The number of nitrogens with zero attached hydrogens (tertiary/aromatic N) is 1. The fourth-order valence-corrected chi connectivity index (χ4v) is 1.31. The molecule has 0 fully saturated rings. The first kappa shape index (κ1) is 11.3. The van der Waals surface area contributed by atoms with Crippen LogP contribution in [0.5, 0.6) is 0 Å². The van der Waals surface area contributed by atoms with Crippen molar-refractivity contribution in [3.63, 3.8) is 0 Å². The molecule has 80 valence electrons. The molecule has 0 spiro atoms. The number of H-pyrrole nitrogens is 1. The Labute approximate surface area is 83.2 Å². The maximum atomic E-state index is 11.9. The molecule has 1 aromatic rings. The molecule has 0 bridgehead atoms. The lowest BCUT2D eigenvalue weighted by atomic mass is 10.4. The summed E-state index contributed by atoms with van der Waals surface area (Å²) in [6.07, 6.45) is -3.76. The van der Waals surface area contributed by atoms with Crippen molar-refractivity contribution in [1.29, 1.82) is 0 Å². The molecule has 0 amide bonds. The predicted octanol–water partition coefficient (Wildman–Crippen LogP) is 1.99. The smallest absolute Gasteiger partial charge is 0.390 e. The van der Waals surface area contributed by atoms with Crippen molar-refractivity contribution in [2.75, 3.05) is 0 Å². The largest absolute Gasteiger partial charge is 0.390 e. The lowest BCUT2D eigenvalue weighted by Crippen LogP contribution is -2.13. The number of hydrogen-bond donors (Lipinski definition) is 2. The molecule has 2 N–H and O–H groups in total. The number of hydrogen-bond acceptors (Lipinski definition) is 2. The molecule has 0 aliphatic carbocycles. The van der Waals surface area contributed by atoms with Crippen LogP contribution in [-0.4, -0.2) is 20.8 Å². The van der Waals surface area contributed by atoms with E-state index in [0.717, 1.165) is 0 Å². The third-order valence-corrected chi connectivity index (χ3v) is 2.07. The van der Waals surface area contributed by atoms with Crippen LogP contribution in [-0.2, 0) is 13.2 Å². The van der Waals surface area contributed by atoms with Crippen LogP contribution in [0.4, 0.5) is 13.2 Å². The molecule has 14 heavy (non-hydrogen) atoms. The van der Waals surface area contributed by atoms with E-state index in [1.165, 1.54) is 10.8 Å². The first-order valence-electron chi connectivity index (χ1n) is 3.89. The lowest BCUT2D eigenvalue weighted by molar-refractivity contribution is -0.136. The van der Waals surface area contributed by atoms with Gasteiger partial charge in [0.1, 0.15) is 0 Å². The number of aliphatic hydroxyl groups excluding tert-OH is 1. The first-order chi connectivity index (χ1) is 6.44. The van der Waals surface area contributed by atoms with Crippen molar-refractivity contribution in [3.05, 3.63) is 16.7 Å². The Morgan fingerprint density at radius 1 is 1.50 bits per heavy atom. The number of aromatic amines is 1. The average molecular weight is 226 g/mol. The molecule has 0 radical (unpaired) electrons. The fourth-order valence-electron chi connectivity index (χ4n) is 1.05. The van der Waals surface area contributed by atoms with Crippen LogP contribution < -0.4 is 0 Å². The molecule has 0 atom stereocenters. The molecular weight excluding hydrogens is 217 g/mol. The summed E-state index contributed by atoms with van der Waals surface area (Å²) >= 11 is 4.76. The molecule has 1 aromatic heterocycles. The highest BCUT2D eigenvalue weighted by Crippen LogP contribution is 2.20. The molecule has 0 unspecified atom stereocenters. The molecule has 0 saturated heterocycles. The Balaban J connectivity index is 2.75. The summed E-state index contributed by atoms with van der Waals surface area (Å²) in [5, 5.41) is 8.79. The van der Waals surface area contributed by atoms with E-state index in [1.54, 1.807) is 0 Å². The van der Waals surface area contributed by atoms with Gasteiger partial charge >= 0.3 is 6.18 Å². The summed E-state index contributed by atoms with van der Waals surface area (Å²) < 4.78 is 37.1. The van der Waals surface area contributed by atoms with E-state index >= 15 is 0 Å². The second-order valence-electron chi connectivity index (χ2n) is 2.76. The van der Waals surface area contributed by atoms with Gasteiger partial charge < -0.3 is 14.7 Å². The molecule has 3 nitrogen and oxygen atoms in total. The van der Waals surface area contributed by atoms with Crippen molar-refractivity contribution < 1.29 is 18.3 Å². The summed E-state index contributed by atoms with van der Waals surface area (Å²) in [4.78, 5) is 2.57. The number of halogens is 3. The molecule has 1 heterocycles. The van der Waals surface area contributed by atoms with E-state index in [1.807, 2.05) is 0 Å². The van der Waals surface area contributed by atoms with Gasteiger partial charge in [0.2, 0.25) is 0 Å². The van der Waals surface area contributed by atoms with Crippen LogP contribution in [0.15, 0.2) is 6.20 Å². The molecule has 0 aliphatic heterocycles. The normalized spacial score (nSPS) is 12.0. The maximum absolute atomic E-state index is 11.9. The van der Waals surface area contributed by atoms with Crippen LogP contribution in [0.1, 0.15) is 12.1 Å². The fraction of sp³-hybridized carbons (Fsp3) is 0.571. The minimum Gasteiger partial charge on any atom is -0.390 e. The summed E-state index contributed by atoms with van der Waals surface area (Å²) in [5.74, 6) is 0.